The number of anilines is 1. The van der Waals surface area contributed by atoms with Crippen LogP contribution in [-0.4, -0.2) is 28.7 Å². The van der Waals surface area contributed by atoms with Crippen LogP contribution in [0.15, 0.2) is 65.4 Å². The second kappa shape index (κ2) is 7.71. The average molecular weight is 426 g/mol. The molecule has 1 aliphatic rings. The first kappa shape index (κ1) is 19.6. The van der Waals surface area contributed by atoms with Crippen LogP contribution >= 0.6 is 0 Å². The van der Waals surface area contributed by atoms with Gasteiger partial charge in [-0.3, -0.25) is 19.6 Å². The number of fused-ring (bicyclic) bond motifs is 2. The maximum atomic E-state index is 13.6. The van der Waals surface area contributed by atoms with Gasteiger partial charge in [0.1, 0.15) is 17.2 Å². The molecule has 8 heteroatoms. The number of nitrogens with one attached hydrogen (secondary N) is 1. The van der Waals surface area contributed by atoms with E-state index in [2.05, 4.69) is 16.3 Å². The minimum absolute atomic E-state index is 0.209. The maximum absolute atomic E-state index is 13.6. The SMILES string of the molecule is CCOC(=O)C1c2cn[nH]c2C(=O)N(c2ccc(C#N)cc2)C1c1ccc2occc2c1. The van der Waals surface area contributed by atoms with E-state index in [1.54, 1.807) is 42.4 Å². The predicted molar refractivity (Wildman–Crippen MR) is 115 cm³/mol. The van der Waals surface area contributed by atoms with Crippen molar-refractivity contribution >= 4 is 28.5 Å². The highest BCUT2D eigenvalue weighted by atomic mass is 16.5. The van der Waals surface area contributed by atoms with E-state index in [-0.39, 0.29) is 18.2 Å². The Bertz CT molecular complexity index is 1360. The number of carbonyl (C=O) groups is 2. The van der Waals surface area contributed by atoms with Crippen molar-refractivity contribution in [2.45, 2.75) is 18.9 Å². The molecule has 0 radical (unpaired) electrons. The number of ether oxygens (including phenoxy) is 1. The largest absolute Gasteiger partial charge is 0.465 e. The number of esters is 1. The third kappa shape index (κ3) is 3.03. The normalized spacial score (nSPS) is 17.8. The van der Waals surface area contributed by atoms with Crippen molar-refractivity contribution in [3.05, 3.63) is 83.4 Å². The highest BCUT2D eigenvalue weighted by molar-refractivity contribution is 6.10. The van der Waals surface area contributed by atoms with Crippen LogP contribution in [0.25, 0.3) is 11.0 Å². The van der Waals surface area contributed by atoms with Gasteiger partial charge >= 0.3 is 5.97 Å². The Morgan fingerprint density at radius 1 is 1.25 bits per heavy atom. The van der Waals surface area contributed by atoms with E-state index in [0.29, 0.717) is 22.4 Å². The Kier molecular flexibility index (Phi) is 4.71. The summed E-state index contributed by atoms with van der Waals surface area (Å²) in [5.74, 6) is -1.56. The first-order valence-electron chi connectivity index (χ1n) is 10.1. The number of nitriles is 1. The van der Waals surface area contributed by atoms with Gasteiger partial charge in [-0.25, -0.2) is 0 Å². The number of nitrogens with zero attached hydrogens (tertiary/aromatic N) is 3. The summed E-state index contributed by atoms with van der Waals surface area (Å²) in [4.78, 5) is 28.3. The molecule has 0 aliphatic carbocycles. The van der Waals surface area contributed by atoms with Crippen molar-refractivity contribution in [2.75, 3.05) is 11.5 Å². The summed E-state index contributed by atoms with van der Waals surface area (Å²) >= 11 is 0. The van der Waals surface area contributed by atoms with Crippen molar-refractivity contribution in [1.82, 2.24) is 10.2 Å². The molecule has 1 N–H and O–H groups in total. The van der Waals surface area contributed by atoms with Crippen LogP contribution in [0.4, 0.5) is 5.69 Å². The third-order valence-corrected chi connectivity index (χ3v) is 5.66. The van der Waals surface area contributed by atoms with Gasteiger partial charge in [-0.2, -0.15) is 10.4 Å². The van der Waals surface area contributed by atoms with Gasteiger partial charge in [0.2, 0.25) is 0 Å². The number of benzene rings is 2. The molecule has 0 spiro atoms. The molecular weight excluding hydrogens is 408 g/mol. The summed E-state index contributed by atoms with van der Waals surface area (Å²) in [6, 6.07) is 15.5. The fourth-order valence-electron chi connectivity index (χ4n) is 4.24. The van der Waals surface area contributed by atoms with Crippen LogP contribution in [0.5, 0.6) is 0 Å². The summed E-state index contributed by atoms with van der Waals surface area (Å²) in [6.07, 6.45) is 3.10. The molecular formula is C24H18N4O4. The molecule has 1 amide bonds. The van der Waals surface area contributed by atoms with Gasteiger partial charge in [-0.05, 0) is 55.0 Å². The molecule has 2 aromatic carbocycles. The van der Waals surface area contributed by atoms with Crippen LogP contribution in [0.1, 0.15) is 46.1 Å². The Morgan fingerprint density at radius 3 is 2.81 bits per heavy atom. The molecule has 2 atom stereocenters. The standard InChI is InChI=1S/C24H18N4O4/c1-2-31-24(30)20-18-13-26-27-21(18)23(29)28(17-6-3-14(12-25)4-7-17)22(20)16-5-8-19-15(11-16)9-10-32-19/h3-11,13,20,22H,2H2,1H3,(H,26,27). The quantitative estimate of drug-likeness (QED) is 0.492. The highest BCUT2D eigenvalue weighted by Gasteiger charge is 2.47. The molecule has 4 aromatic rings. The summed E-state index contributed by atoms with van der Waals surface area (Å²) in [5.41, 5.74) is 3.22. The molecule has 5 rings (SSSR count). The van der Waals surface area contributed by atoms with Crippen LogP contribution in [0.2, 0.25) is 0 Å². The number of H-pyrrole nitrogens is 1. The van der Waals surface area contributed by atoms with Crippen molar-refractivity contribution in [1.29, 1.82) is 5.26 Å². The number of hydrogen-bond donors (Lipinski definition) is 1. The lowest BCUT2D eigenvalue weighted by Gasteiger charge is -2.39. The van der Waals surface area contributed by atoms with Crippen molar-refractivity contribution in [3.8, 4) is 6.07 Å². The Balaban J connectivity index is 1.74. The second-order valence-electron chi connectivity index (χ2n) is 7.43. The lowest BCUT2D eigenvalue weighted by atomic mass is 9.82. The highest BCUT2D eigenvalue weighted by Crippen LogP contribution is 2.45. The zero-order chi connectivity index (χ0) is 22.2. The average Bonchev–Trinajstić information content (AvgIpc) is 3.48. The lowest BCUT2D eigenvalue weighted by Crippen LogP contribution is -2.45. The topological polar surface area (TPSA) is 112 Å². The molecule has 158 valence electrons. The summed E-state index contributed by atoms with van der Waals surface area (Å²) in [5, 5.41) is 16.8. The van der Waals surface area contributed by atoms with E-state index in [1.165, 1.54) is 6.20 Å². The molecule has 0 saturated heterocycles. The van der Waals surface area contributed by atoms with Gasteiger partial charge in [0.15, 0.2) is 0 Å². The van der Waals surface area contributed by atoms with Crippen LogP contribution in [0.3, 0.4) is 0 Å². The van der Waals surface area contributed by atoms with E-state index in [4.69, 9.17) is 14.4 Å². The number of amides is 1. The van der Waals surface area contributed by atoms with E-state index < -0.39 is 17.9 Å². The Labute approximate surface area is 183 Å². The lowest BCUT2D eigenvalue weighted by molar-refractivity contribution is -0.145. The van der Waals surface area contributed by atoms with Gasteiger partial charge in [0, 0.05) is 16.6 Å². The van der Waals surface area contributed by atoms with E-state index in [0.717, 1.165) is 10.9 Å². The minimum atomic E-state index is -0.790. The van der Waals surface area contributed by atoms with E-state index >= 15 is 0 Å². The number of rotatable bonds is 4. The molecule has 2 unspecified atom stereocenters. The van der Waals surface area contributed by atoms with Gasteiger partial charge in [0.05, 0.1) is 36.7 Å². The number of hydrogen-bond acceptors (Lipinski definition) is 6. The summed E-state index contributed by atoms with van der Waals surface area (Å²) in [6.45, 7) is 1.95. The summed E-state index contributed by atoms with van der Waals surface area (Å²) in [7, 11) is 0. The van der Waals surface area contributed by atoms with Gasteiger partial charge in [-0.15, -0.1) is 0 Å². The van der Waals surface area contributed by atoms with E-state index in [9.17, 15) is 9.59 Å². The Morgan fingerprint density at radius 2 is 2.06 bits per heavy atom. The number of furan rings is 1. The first-order chi connectivity index (χ1) is 15.6. The molecule has 3 heterocycles. The molecule has 8 nitrogen and oxygen atoms in total. The zero-order valence-electron chi connectivity index (χ0n) is 17.1. The zero-order valence-corrected chi connectivity index (χ0v) is 17.1. The van der Waals surface area contributed by atoms with Crippen LogP contribution in [0, 0.1) is 11.3 Å². The van der Waals surface area contributed by atoms with E-state index in [1.807, 2.05) is 24.3 Å². The molecule has 0 fully saturated rings. The minimum Gasteiger partial charge on any atom is -0.465 e. The van der Waals surface area contributed by atoms with Crippen molar-refractivity contribution in [3.63, 3.8) is 0 Å². The number of carbonyl (C=O) groups excluding carboxylic acids is 2. The third-order valence-electron chi connectivity index (χ3n) is 5.66. The monoisotopic (exact) mass is 426 g/mol. The molecule has 1 aliphatic heterocycles. The van der Waals surface area contributed by atoms with Gasteiger partial charge in [0.25, 0.3) is 5.91 Å². The van der Waals surface area contributed by atoms with Crippen LogP contribution < -0.4 is 4.90 Å². The fourth-order valence-corrected chi connectivity index (χ4v) is 4.24. The number of aromatic nitrogens is 2. The van der Waals surface area contributed by atoms with Gasteiger partial charge < -0.3 is 9.15 Å². The second-order valence-corrected chi connectivity index (χ2v) is 7.43. The van der Waals surface area contributed by atoms with Gasteiger partial charge in [-0.1, -0.05) is 6.07 Å². The summed E-state index contributed by atoms with van der Waals surface area (Å²) < 4.78 is 10.9. The van der Waals surface area contributed by atoms with Crippen LogP contribution in [-0.2, 0) is 9.53 Å². The smallest absolute Gasteiger partial charge is 0.316 e. The molecule has 0 saturated carbocycles. The molecule has 2 aromatic heterocycles. The predicted octanol–water partition coefficient (Wildman–Crippen LogP) is 4.08. The van der Waals surface area contributed by atoms with Crippen molar-refractivity contribution < 1.29 is 18.7 Å². The maximum Gasteiger partial charge on any atom is 0.316 e. The van der Waals surface area contributed by atoms with Crippen molar-refractivity contribution in [2.24, 2.45) is 0 Å². The fraction of sp³-hybridized carbons (Fsp3) is 0.167. The number of aromatic amines is 1. The molecule has 0 bridgehead atoms. The molecule has 32 heavy (non-hydrogen) atoms. The first-order valence-corrected chi connectivity index (χ1v) is 10.1. The Hall–Kier alpha value is -4.38.